The van der Waals surface area contributed by atoms with E-state index in [1.807, 2.05) is 45.9 Å². The van der Waals surface area contributed by atoms with Crippen molar-refractivity contribution >= 4 is 11.6 Å². The van der Waals surface area contributed by atoms with Gasteiger partial charge in [-0.3, -0.25) is 4.79 Å². The fourth-order valence-corrected chi connectivity index (χ4v) is 2.15. The number of hydrogen-bond donors (Lipinski definition) is 2. The molecule has 2 aromatic rings. The predicted octanol–water partition coefficient (Wildman–Crippen LogP) is 2.96. The molecule has 0 saturated heterocycles. The standard InChI is InChI=1S/C16H21N3O2/c1-5-17-16(20)13-7-6-10(2)15(8-13)18-9-14-11(3)19-21-12(14)4/h6-8,18H,5,9H2,1-4H3,(H,17,20). The molecule has 0 radical (unpaired) electrons. The van der Waals surface area contributed by atoms with Crippen LogP contribution in [0.25, 0.3) is 0 Å². The second-order valence-electron chi connectivity index (χ2n) is 5.05. The zero-order valence-electron chi connectivity index (χ0n) is 12.9. The van der Waals surface area contributed by atoms with Crippen molar-refractivity contribution in [3.05, 3.63) is 46.3 Å². The van der Waals surface area contributed by atoms with Crippen LogP contribution >= 0.6 is 0 Å². The second kappa shape index (κ2) is 6.43. The molecular formula is C16H21N3O2. The van der Waals surface area contributed by atoms with Gasteiger partial charge < -0.3 is 15.2 Å². The number of nitrogens with zero attached hydrogens (tertiary/aromatic N) is 1. The summed E-state index contributed by atoms with van der Waals surface area (Å²) in [6.07, 6.45) is 0. The highest BCUT2D eigenvalue weighted by atomic mass is 16.5. The van der Waals surface area contributed by atoms with Crippen LogP contribution in [0.1, 0.15) is 39.9 Å². The molecule has 21 heavy (non-hydrogen) atoms. The highest BCUT2D eigenvalue weighted by Crippen LogP contribution is 2.20. The van der Waals surface area contributed by atoms with E-state index in [4.69, 9.17) is 4.52 Å². The van der Waals surface area contributed by atoms with E-state index in [1.165, 1.54) is 0 Å². The van der Waals surface area contributed by atoms with Gasteiger partial charge in [0.2, 0.25) is 0 Å². The third-order valence-electron chi connectivity index (χ3n) is 3.47. The lowest BCUT2D eigenvalue weighted by atomic mass is 10.1. The van der Waals surface area contributed by atoms with E-state index in [-0.39, 0.29) is 5.91 Å². The zero-order valence-corrected chi connectivity index (χ0v) is 12.9. The summed E-state index contributed by atoms with van der Waals surface area (Å²) in [4.78, 5) is 11.9. The van der Waals surface area contributed by atoms with E-state index in [0.717, 1.165) is 28.3 Å². The first kappa shape index (κ1) is 15.1. The summed E-state index contributed by atoms with van der Waals surface area (Å²) in [5, 5.41) is 10.1. The molecule has 5 nitrogen and oxygen atoms in total. The number of carbonyl (C=O) groups is 1. The summed E-state index contributed by atoms with van der Waals surface area (Å²) in [5.74, 6) is 0.760. The van der Waals surface area contributed by atoms with Crippen LogP contribution in [-0.2, 0) is 6.54 Å². The molecule has 0 fully saturated rings. The van der Waals surface area contributed by atoms with Crippen molar-refractivity contribution in [2.75, 3.05) is 11.9 Å². The first-order valence-corrected chi connectivity index (χ1v) is 7.07. The molecular weight excluding hydrogens is 266 g/mol. The Hall–Kier alpha value is -2.30. The van der Waals surface area contributed by atoms with E-state index in [2.05, 4.69) is 15.8 Å². The number of aryl methyl sites for hydroxylation is 3. The maximum atomic E-state index is 11.9. The van der Waals surface area contributed by atoms with E-state index < -0.39 is 0 Å². The monoisotopic (exact) mass is 287 g/mol. The SMILES string of the molecule is CCNC(=O)c1ccc(C)c(NCc2c(C)noc2C)c1. The molecule has 112 valence electrons. The molecule has 0 bridgehead atoms. The van der Waals surface area contributed by atoms with Crippen molar-refractivity contribution in [1.82, 2.24) is 10.5 Å². The minimum absolute atomic E-state index is 0.0575. The Labute approximate surface area is 124 Å². The molecule has 1 heterocycles. The number of rotatable bonds is 5. The molecule has 2 rings (SSSR count). The second-order valence-corrected chi connectivity index (χ2v) is 5.05. The largest absolute Gasteiger partial charge is 0.381 e. The number of hydrogen-bond acceptors (Lipinski definition) is 4. The Kier molecular flexibility index (Phi) is 4.62. The minimum atomic E-state index is -0.0575. The fraction of sp³-hybridized carbons (Fsp3) is 0.375. The van der Waals surface area contributed by atoms with Gasteiger partial charge in [-0.2, -0.15) is 0 Å². The highest BCUT2D eigenvalue weighted by molar-refractivity contribution is 5.95. The first-order chi connectivity index (χ1) is 10.0. The molecule has 0 aliphatic rings. The molecule has 0 spiro atoms. The van der Waals surface area contributed by atoms with E-state index >= 15 is 0 Å². The molecule has 0 aliphatic carbocycles. The van der Waals surface area contributed by atoms with E-state index in [1.54, 1.807) is 0 Å². The number of amides is 1. The van der Waals surface area contributed by atoms with Crippen molar-refractivity contribution in [3.8, 4) is 0 Å². The molecule has 0 aliphatic heterocycles. The van der Waals surface area contributed by atoms with Gasteiger partial charge in [-0.1, -0.05) is 11.2 Å². The Bertz CT molecular complexity index is 627. The van der Waals surface area contributed by atoms with Crippen LogP contribution in [-0.4, -0.2) is 17.6 Å². The van der Waals surface area contributed by atoms with Crippen molar-refractivity contribution in [2.45, 2.75) is 34.2 Å². The average molecular weight is 287 g/mol. The van der Waals surface area contributed by atoms with Crippen molar-refractivity contribution < 1.29 is 9.32 Å². The molecule has 0 atom stereocenters. The molecule has 0 saturated carbocycles. The maximum absolute atomic E-state index is 11.9. The van der Waals surface area contributed by atoms with E-state index in [9.17, 15) is 4.79 Å². The topological polar surface area (TPSA) is 67.2 Å². The molecule has 0 unspecified atom stereocenters. The van der Waals surface area contributed by atoms with Crippen molar-refractivity contribution in [2.24, 2.45) is 0 Å². The lowest BCUT2D eigenvalue weighted by Crippen LogP contribution is -2.22. The normalized spacial score (nSPS) is 10.5. The predicted molar refractivity (Wildman–Crippen MR) is 82.5 cm³/mol. The van der Waals surface area contributed by atoms with Crippen LogP contribution < -0.4 is 10.6 Å². The Morgan fingerprint density at radius 3 is 2.67 bits per heavy atom. The Morgan fingerprint density at radius 2 is 2.05 bits per heavy atom. The maximum Gasteiger partial charge on any atom is 0.251 e. The van der Waals surface area contributed by atoms with Gasteiger partial charge >= 0.3 is 0 Å². The summed E-state index contributed by atoms with van der Waals surface area (Å²) in [7, 11) is 0. The molecule has 5 heteroatoms. The highest BCUT2D eigenvalue weighted by Gasteiger charge is 2.10. The average Bonchev–Trinajstić information content (AvgIpc) is 2.77. The summed E-state index contributed by atoms with van der Waals surface area (Å²) >= 11 is 0. The fourth-order valence-electron chi connectivity index (χ4n) is 2.15. The van der Waals surface area contributed by atoms with E-state index in [0.29, 0.717) is 18.7 Å². The Morgan fingerprint density at radius 1 is 1.29 bits per heavy atom. The molecule has 1 aromatic heterocycles. The number of anilines is 1. The van der Waals surface area contributed by atoms with Crippen LogP contribution in [0.15, 0.2) is 22.7 Å². The summed E-state index contributed by atoms with van der Waals surface area (Å²) in [6, 6.07) is 5.65. The van der Waals surface area contributed by atoms with Crippen LogP contribution in [0.3, 0.4) is 0 Å². The summed E-state index contributed by atoms with van der Waals surface area (Å²) in [6.45, 7) is 8.98. The van der Waals surface area contributed by atoms with Gasteiger partial charge in [0, 0.05) is 29.9 Å². The molecule has 1 amide bonds. The minimum Gasteiger partial charge on any atom is -0.381 e. The summed E-state index contributed by atoms with van der Waals surface area (Å²) in [5.41, 5.74) is 4.63. The smallest absolute Gasteiger partial charge is 0.251 e. The number of nitrogens with one attached hydrogen (secondary N) is 2. The lowest BCUT2D eigenvalue weighted by Gasteiger charge is -2.11. The summed E-state index contributed by atoms with van der Waals surface area (Å²) < 4.78 is 5.15. The number of carbonyl (C=O) groups excluding carboxylic acids is 1. The van der Waals surface area contributed by atoms with Gasteiger partial charge in [0.1, 0.15) is 5.76 Å². The zero-order chi connectivity index (χ0) is 15.4. The van der Waals surface area contributed by atoms with Crippen molar-refractivity contribution in [3.63, 3.8) is 0 Å². The van der Waals surface area contributed by atoms with Gasteiger partial charge in [0.15, 0.2) is 0 Å². The molecule has 1 aromatic carbocycles. The van der Waals surface area contributed by atoms with Crippen molar-refractivity contribution in [1.29, 1.82) is 0 Å². The van der Waals surface area contributed by atoms with Crippen LogP contribution in [0.4, 0.5) is 5.69 Å². The third kappa shape index (κ3) is 3.42. The van der Waals surface area contributed by atoms with Crippen LogP contribution in [0.5, 0.6) is 0 Å². The van der Waals surface area contributed by atoms with Gasteiger partial charge in [-0.15, -0.1) is 0 Å². The molecule has 2 N–H and O–H groups in total. The first-order valence-electron chi connectivity index (χ1n) is 7.07. The lowest BCUT2D eigenvalue weighted by molar-refractivity contribution is 0.0956. The van der Waals surface area contributed by atoms with Crippen LogP contribution in [0.2, 0.25) is 0 Å². The quantitative estimate of drug-likeness (QED) is 0.887. The van der Waals surface area contributed by atoms with Gasteiger partial charge in [-0.25, -0.2) is 0 Å². The van der Waals surface area contributed by atoms with Crippen LogP contribution in [0, 0.1) is 20.8 Å². The van der Waals surface area contributed by atoms with Gasteiger partial charge in [0.25, 0.3) is 5.91 Å². The Balaban J connectivity index is 2.16. The van der Waals surface area contributed by atoms with Gasteiger partial charge in [0.05, 0.1) is 5.69 Å². The third-order valence-corrected chi connectivity index (χ3v) is 3.47. The number of aromatic nitrogens is 1. The number of benzene rings is 1. The van der Waals surface area contributed by atoms with Gasteiger partial charge in [-0.05, 0) is 45.4 Å².